The highest BCUT2D eigenvalue weighted by molar-refractivity contribution is 5.89. The Hall–Kier alpha value is -1.62. The van der Waals surface area contributed by atoms with Gasteiger partial charge in [-0.15, -0.1) is 0 Å². The smallest absolute Gasteiger partial charge is 0.319 e. The number of benzene rings is 1. The second kappa shape index (κ2) is 5.82. The molecule has 1 aromatic rings. The Labute approximate surface area is 106 Å². The summed E-state index contributed by atoms with van der Waals surface area (Å²) in [6.45, 7) is 1.95. The molecule has 1 aromatic carbocycles. The van der Waals surface area contributed by atoms with Crippen molar-refractivity contribution in [3.63, 3.8) is 0 Å². The fourth-order valence-corrected chi connectivity index (χ4v) is 2.17. The quantitative estimate of drug-likeness (QED) is 0.845. The summed E-state index contributed by atoms with van der Waals surface area (Å²) in [6, 6.07) is 5.68. The highest BCUT2D eigenvalue weighted by Crippen LogP contribution is 2.10. The van der Waals surface area contributed by atoms with E-state index in [2.05, 4.69) is 15.5 Å². The molecule has 1 atom stereocenters. The molecule has 1 fully saturated rings. The Bertz CT molecular complexity index is 407. The summed E-state index contributed by atoms with van der Waals surface area (Å²) in [5.74, 6) is -0.310. The molecule has 4 nitrogen and oxygen atoms in total. The van der Waals surface area contributed by atoms with Gasteiger partial charge in [0.05, 0.1) is 0 Å². The molecular formula is C13H18FN3O. The Kier molecular flexibility index (Phi) is 4.15. The molecule has 0 bridgehead atoms. The predicted octanol–water partition coefficient (Wildman–Crippen LogP) is 2.04. The van der Waals surface area contributed by atoms with Gasteiger partial charge < -0.3 is 15.5 Å². The van der Waals surface area contributed by atoms with Crippen LogP contribution in [0, 0.1) is 5.82 Å². The number of likely N-dealkylation sites (tertiary alicyclic amines) is 1. The maximum atomic E-state index is 12.7. The Balaban J connectivity index is 1.83. The van der Waals surface area contributed by atoms with E-state index in [4.69, 9.17) is 0 Å². The van der Waals surface area contributed by atoms with E-state index in [0.717, 1.165) is 25.9 Å². The SMILES string of the molecule is CN1CCC[C@@H](NC(=O)Nc2ccc(F)cc2)C1. The number of likely N-dealkylation sites (N-methyl/N-ethyl adjacent to an activating group) is 1. The molecule has 2 amide bonds. The van der Waals surface area contributed by atoms with Crippen LogP contribution in [-0.2, 0) is 0 Å². The summed E-state index contributed by atoms with van der Waals surface area (Å²) in [5, 5.41) is 5.62. The molecule has 0 aromatic heterocycles. The molecule has 2 rings (SSSR count). The average Bonchev–Trinajstić information content (AvgIpc) is 2.32. The lowest BCUT2D eigenvalue weighted by molar-refractivity contribution is 0.216. The van der Waals surface area contributed by atoms with Crippen LogP contribution in [0.25, 0.3) is 0 Å². The largest absolute Gasteiger partial charge is 0.334 e. The molecule has 0 aliphatic carbocycles. The third-order valence-corrected chi connectivity index (χ3v) is 3.06. The first-order chi connectivity index (χ1) is 8.63. The molecule has 1 aliphatic rings. The van der Waals surface area contributed by atoms with Crippen molar-refractivity contribution in [2.24, 2.45) is 0 Å². The first-order valence-corrected chi connectivity index (χ1v) is 6.15. The average molecular weight is 251 g/mol. The summed E-state index contributed by atoms with van der Waals surface area (Å²) >= 11 is 0. The first-order valence-electron chi connectivity index (χ1n) is 6.15. The van der Waals surface area contributed by atoms with Crippen LogP contribution in [-0.4, -0.2) is 37.1 Å². The zero-order valence-electron chi connectivity index (χ0n) is 10.4. The Morgan fingerprint density at radius 1 is 1.39 bits per heavy atom. The van der Waals surface area contributed by atoms with Crippen LogP contribution in [0.4, 0.5) is 14.9 Å². The number of anilines is 1. The van der Waals surface area contributed by atoms with Gasteiger partial charge >= 0.3 is 6.03 Å². The number of halogens is 1. The molecule has 18 heavy (non-hydrogen) atoms. The van der Waals surface area contributed by atoms with E-state index in [-0.39, 0.29) is 17.9 Å². The molecule has 98 valence electrons. The van der Waals surface area contributed by atoms with Crippen LogP contribution in [0.15, 0.2) is 24.3 Å². The fourth-order valence-electron chi connectivity index (χ4n) is 2.17. The highest BCUT2D eigenvalue weighted by Gasteiger charge is 2.18. The van der Waals surface area contributed by atoms with E-state index in [1.165, 1.54) is 12.1 Å². The van der Waals surface area contributed by atoms with Crippen LogP contribution in [0.5, 0.6) is 0 Å². The van der Waals surface area contributed by atoms with E-state index in [9.17, 15) is 9.18 Å². The number of carbonyl (C=O) groups excluding carboxylic acids is 1. The normalized spacial score (nSPS) is 20.4. The topological polar surface area (TPSA) is 44.4 Å². The van der Waals surface area contributed by atoms with E-state index >= 15 is 0 Å². The maximum Gasteiger partial charge on any atom is 0.319 e. The van der Waals surface area contributed by atoms with Gasteiger partial charge in [0, 0.05) is 18.3 Å². The van der Waals surface area contributed by atoms with Crippen LogP contribution >= 0.6 is 0 Å². The third-order valence-electron chi connectivity index (χ3n) is 3.06. The minimum Gasteiger partial charge on any atom is -0.334 e. The molecule has 0 saturated carbocycles. The summed E-state index contributed by atoms with van der Waals surface area (Å²) in [4.78, 5) is 13.9. The van der Waals surface area contributed by atoms with Gasteiger partial charge in [-0.3, -0.25) is 0 Å². The zero-order valence-corrected chi connectivity index (χ0v) is 10.4. The van der Waals surface area contributed by atoms with Crippen LogP contribution in [0.2, 0.25) is 0 Å². The van der Waals surface area contributed by atoms with Crippen molar-refractivity contribution in [1.82, 2.24) is 10.2 Å². The van der Waals surface area contributed by atoms with Crippen molar-refractivity contribution in [2.45, 2.75) is 18.9 Å². The van der Waals surface area contributed by atoms with Crippen molar-refractivity contribution in [1.29, 1.82) is 0 Å². The predicted molar refractivity (Wildman–Crippen MR) is 69.1 cm³/mol. The fraction of sp³-hybridized carbons (Fsp3) is 0.462. The molecule has 0 radical (unpaired) electrons. The summed E-state index contributed by atoms with van der Waals surface area (Å²) < 4.78 is 12.7. The minimum absolute atomic E-state index is 0.184. The second-order valence-electron chi connectivity index (χ2n) is 4.71. The molecule has 1 heterocycles. The molecule has 0 spiro atoms. The van der Waals surface area contributed by atoms with Gasteiger partial charge in [0.2, 0.25) is 0 Å². The van der Waals surface area contributed by atoms with Crippen molar-refractivity contribution in [2.75, 3.05) is 25.5 Å². The number of urea groups is 1. The number of hydrogen-bond acceptors (Lipinski definition) is 2. The van der Waals surface area contributed by atoms with Crippen molar-refractivity contribution >= 4 is 11.7 Å². The number of nitrogens with one attached hydrogen (secondary N) is 2. The Morgan fingerprint density at radius 2 is 2.11 bits per heavy atom. The number of rotatable bonds is 2. The van der Waals surface area contributed by atoms with E-state index in [1.807, 2.05) is 7.05 Å². The molecule has 2 N–H and O–H groups in total. The van der Waals surface area contributed by atoms with E-state index < -0.39 is 0 Å². The van der Waals surface area contributed by atoms with Gasteiger partial charge in [-0.2, -0.15) is 0 Å². The number of nitrogens with zero attached hydrogens (tertiary/aromatic N) is 1. The van der Waals surface area contributed by atoms with Gasteiger partial charge in [0.25, 0.3) is 0 Å². The van der Waals surface area contributed by atoms with Gasteiger partial charge in [-0.05, 0) is 50.7 Å². The Morgan fingerprint density at radius 3 is 2.78 bits per heavy atom. The highest BCUT2D eigenvalue weighted by atomic mass is 19.1. The maximum absolute atomic E-state index is 12.7. The lowest BCUT2D eigenvalue weighted by Crippen LogP contribution is -2.47. The molecule has 5 heteroatoms. The van der Waals surface area contributed by atoms with Crippen molar-refractivity contribution < 1.29 is 9.18 Å². The van der Waals surface area contributed by atoms with Crippen LogP contribution < -0.4 is 10.6 Å². The number of carbonyl (C=O) groups is 1. The molecule has 1 saturated heterocycles. The van der Waals surface area contributed by atoms with Gasteiger partial charge in [0.1, 0.15) is 5.82 Å². The zero-order chi connectivity index (χ0) is 13.0. The minimum atomic E-state index is -0.310. The molecule has 0 unspecified atom stereocenters. The number of piperidine rings is 1. The van der Waals surface area contributed by atoms with Crippen molar-refractivity contribution in [3.05, 3.63) is 30.1 Å². The van der Waals surface area contributed by atoms with Gasteiger partial charge in [-0.25, -0.2) is 9.18 Å². The third kappa shape index (κ3) is 3.70. The monoisotopic (exact) mass is 251 g/mol. The van der Waals surface area contributed by atoms with Crippen LogP contribution in [0.1, 0.15) is 12.8 Å². The standard InChI is InChI=1S/C13H18FN3O/c1-17-8-2-3-12(9-17)16-13(18)15-11-6-4-10(14)5-7-11/h4-7,12H,2-3,8-9H2,1H3,(H2,15,16,18)/t12-/m1/s1. The second-order valence-corrected chi connectivity index (χ2v) is 4.71. The molecular weight excluding hydrogens is 233 g/mol. The van der Waals surface area contributed by atoms with Crippen LogP contribution in [0.3, 0.4) is 0 Å². The van der Waals surface area contributed by atoms with Gasteiger partial charge in [-0.1, -0.05) is 0 Å². The number of hydrogen-bond donors (Lipinski definition) is 2. The molecule has 1 aliphatic heterocycles. The van der Waals surface area contributed by atoms with Crippen molar-refractivity contribution in [3.8, 4) is 0 Å². The first kappa shape index (κ1) is 12.8. The summed E-state index contributed by atoms with van der Waals surface area (Å²) in [5.41, 5.74) is 0.595. The summed E-state index contributed by atoms with van der Waals surface area (Å²) in [6.07, 6.45) is 2.10. The lowest BCUT2D eigenvalue weighted by atomic mass is 10.1. The number of amides is 2. The summed E-state index contributed by atoms with van der Waals surface area (Å²) in [7, 11) is 2.05. The lowest BCUT2D eigenvalue weighted by Gasteiger charge is -2.30. The van der Waals surface area contributed by atoms with E-state index in [1.54, 1.807) is 12.1 Å². The van der Waals surface area contributed by atoms with E-state index in [0.29, 0.717) is 5.69 Å². The van der Waals surface area contributed by atoms with Gasteiger partial charge in [0.15, 0.2) is 0 Å².